The third kappa shape index (κ3) is 6.97. The highest BCUT2D eigenvalue weighted by Crippen LogP contribution is 2.29. The lowest BCUT2D eigenvalue weighted by Gasteiger charge is -2.25. The molecule has 7 nitrogen and oxygen atoms in total. The van der Waals surface area contributed by atoms with Crippen LogP contribution in [0.15, 0.2) is 78.9 Å². The van der Waals surface area contributed by atoms with Crippen molar-refractivity contribution in [3.05, 3.63) is 90.0 Å². The van der Waals surface area contributed by atoms with Gasteiger partial charge >= 0.3 is 5.97 Å². The first-order valence-corrected chi connectivity index (χ1v) is 12.6. The molecule has 1 aliphatic rings. The third-order valence-corrected chi connectivity index (χ3v) is 6.83. The number of unbranched alkanes of at least 4 members (excludes halogenated alkanes) is 1. The second-order valence-electron chi connectivity index (χ2n) is 9.49. The number of nitrogens with two attached hydrogens (primary N) is 1. The van der Waals surface area contributed by atoms with E-state index >= 15 is 0 Å². The molecule has 0 aromatic heterocycles. The Morgan fingerprint density at radius 3 is 2.24 bits per heavy atom. The number of carboxylic acids is 1. The number of ether oxygens (including phenoxy) is 1. The fourth-order valence-electron chi connectivity index (χ4n) is 4.84. The highest BCUT2D eigenvalue weighted by atomic mass is 16.5. The first-order valence-electron chi connectivity index (χ1n) is 12.6. The Labute approximate surface area is 217 Å². The van der Waals surface area contributed by atoms with Gasteiger partial charge in [0.25, 0.3) is 0 Å². The maximum Gasteiger partial charge on any atom is 0.304 e. The maximum absolute atomic E-state index is 13.0. The number of rotatable bonds is 12. The van der Waals surface area contributed by atoms with Gasteiger partial charge in [0.15, 0.2) is 0 Å². The average Bonchev–Trinajstić information content (AvgIpc) is 3.19. The number of hydrogen-bond acceptors (Lipinski definition) is 4. The highest BCUT2D eigenvalue weighted by molar-refractivity contribution is 5.95. The summed E-state index contributed by atoms with van der Waals surface area (Å²) in [6.07, 6.45) is 3.11. The van der Waals surface area contributed by atoms with E-state index < -0.39 is 11.9 Å². The number of amides is 1. The van der Waals surface area contributed by atoms with E-state index in [2.05, 4.69) is 12.1 Å². The van der Waals surface area contributed by atoms with Gasteiger partial charge in [-0.25, -0.2) is 0 Å². The molecule has 0 bridgehead atoms. The molecule has 0 unspecified atom stereocenters. The molecule has 7 heteroatoms. The summed E-state index contributed by atoms with van der Waals surface area (Å²) >= 11 is 0. The van der Waals surface area contributed by atoms with Crippen LogP contribution in [-0.4, -0.2) is 46.9 Å². The van der Waals surface area contributed by atoms with Gasteiger partial charge in [0.2, 0.25) is 5.91 Å². The number of carbonyl (C=O) groups excluding carboxylic acids is 1. The second-order valence-corrected chi connectivity index (χ2v) is 9.49. The first kappa shape index (κ1) is 25.9. The van der Waals surface area contributed by atoms with E-state index in [-0.39, 0.29) is 24.2 Å². The number of hydrogen-bond donors (Lipinski definition) is 3. The largest absolute Gasteiger partial charge is 0.491 e. The zero-order chi connectivity index (χ0) is 26.2. The highest BCUT2D eigenvalue weighted by Gasteiger charge is 2.40. The van der Waals surface area contributed by atoms with E-state index in [1.54, 1.807) is 0 Å². The van der Waals surface area contributed by atoms with E-state index in [4.69, 9.17) is 15.9 Å². The van der Waals surface area contributed by atoms with Crippen molar-refractivity contribution in [3.8, 4) is 16.9 Å². The molecule has 1 fully saturated rings. The number of likely N-dealkylation sites (tertiary alicyclic amines) is 1. The minimum Gasteiger partial charge on any atom is -0.491 e. The molecule has 4 N–H and O–H groups in total. The molecule has 3 aromatic carbocycles. The van der Waals surface area contributed by atoms with Gasteiger partial charge in [0.1, 0.15) is 18.2 Å². The molecule has 1 saturated heterocycles. The van der Waals surface area contributed by atoms with E-state index in [1.807, 2.05) is 71.6 Å². The second kappa shape index (κ2) is 12.2. The molecule has 192 valence electrons. The number of benzene rings is 3. The lowest BCUT2D eigenvalue weighted by atomic mass is 10.0. The number of amidine groups is 1. The number of nitrogens with one attached hydrogen (secondary N) is 1. The summed E-state index contributed by atoms with van der Waals surface area (Å²) in [6, 6.07) is 25.3. The minimum absolute atomic E-state index is 0.0384. The summed E-state index contributed by atoms with van der Waals surface area (Å²) in [6.45, 7) is 0.929. The van der Waals surface area contributed by atoms with Gasteiger partial charge in [-0.2, -0.15) is 0 Å². The maximum atomic E-state index is 13.0. The average molecular weight is 500 g/mol. The molecule has 0 aliphatic carbocycles. The number of carboxylic acid groups (broad SMARTS) is 1. The lowest BCUT2D eigenvalue weighted by Crippen LogP contribution is -2.38. The van der Waals surface area contributed by atoms with Crippen LogP contribution in [0.2, 0.25) is 0 Å². The Morgan fingerprint density at radius 2 is 1.62 bits per heavy atom. The zero-order valence-electron chi connectivity index (χ0n) is 20.8. The summed E-state index contributed by atoms with van der Waals surface area (Å²) in [5.41, 5.74) is 9.51. The van der Waals surface area contributed by atoms with Gasteiger partial charge < -0.3 is 20.5 Å². The van der Waals surface area contributed by atoms with E-state index in [9.17, 15) is 14.7 Å². The normalized spacial score (nSPS) is 17.1. The van der Waals surface area contributed by atoms with Gasteiger partial charge in [0, 0.05) is 12.1 Å². The predicted octanol–water partition coefficient (Wildman–Crippen LogP) is 4.73. The summed E-state index contributed by atoms with van der Waals surface area (Å²) in [5.74, 6) is -0.796. The fourth-order valence-corrected chi connectivity index (χ4v) is 4.84. The molecule has 1 aliphatic heterocycles. The van der Waals surface area contributed by atoms with Gasteiger partial charge in [-0.3, -0.25) is 15.0 Å². The number of nitrogens with zero attached hydrogens (tertiary/aromatic N) is 1. The van der Waals surface area contributed by atoms with Gasteiger partial charge in [-0.15, -0.1) is 0 Å². The van der Waals surface area contributed by atoms with Crippen molar-refractivity contribution in [2.24, 2.45) is 11.7 Å². The summed E-state index contributed by atoms with van der Waals surface area (Å²) in [7, 11) is 0. The zero-order valence-corrected chi connectivity index (χ0v) is 20.8. The molecule has 0 radical (unpaired) electrons. The van der Waals surface area contributed by atoms with Gasteiger partial charge in [-0.05, 0) is 54.5 Å². The summed E-state index contributed by atoms with van der Waals surface area (Å²) in [5, 5.41) is 16.8. The number of nitrogen functional groups attached to an aromatic ring is 1. The minimum atomic E-state index is -0.948. The Balaban J connectivity index is 1.34. The van der Waals surface area contributed by atoms with Crippen LogP contribution in [0.25, 0.3) is 11.1 Å². The molecular formula is C30H33N3O4. The van der Waals surface area contributed by atoms with Crippen molar-refractivity contribution < 1.29 is 19.4 Å². The lowest BCUT2D eigenvalue weighted by molar-refractivity contribution is -0.142. The molecular weight excluding hydrogens is 466 g/mol. The number of aliphatic carboxylic acids is 1. The molecule has 0 saturated carbocycles. The Hall–Kier alpha value is -4.13. The van der Waals surface area contributed by atoms with Crippen molar-refractivity contribution in [1.82, 2.24) is 4.90 Å². The summed E-state index contributed by atoms with van der Waals surface area (Å²) < 4.78 is 6.05. The quantitative estimate of drug-likeness (QED) is 0.189. The Kier molecular flexibility index (Phi) is 8.56. The van der Waals surface area contributed by atoms with Crippen LogP contribution in [0.1, 0.15) is 36.8 Å². The van der Waals surface area contributed by atoms with Crippen molar-refractivity contribution in [1.29, 1.82) is 5.41 Å². The smallest absolute Gasteiger partial charge is 0.304 e. The topological polar surface area (TPSA) is 117 Å². The summed E-state index contributed by atoms with van der Waals surface area (Å²) in [4.78, 5) is 26.1. The van der Waals surface area contributed by atoms with E-state index in [1.165, 1.54) is 5.56 Å². The van der Waals surface area contributed by atoms with Crippen LogP contribution < -0.4 is 10.5 Å². The van der Waals surface area contributed by atoms with Crippen LogP contribution in [-0.2, 0) is 16.0 Å². The fraction of sp³-hybridized carbons (Fsp3) is 0.300. The standard InChI is InChI=1S/C30H33N3O4/c31-29(32)24-11-9-22(10-12-24)23-13-15-27(16-14-23)37-20-26-18-25(19-28(34)35)30(36)33(26)17-5-4-8-21-6-2-1-3-7-21/h1-3,6-7,9-16,25-26H,4-5,8,17-20H2,(H3,31,32)(H,34,35)/t25-,26-/m0/s1. The van der Waals surface area contributed by atoms with Crippen LogP contribution in [0.4, 0.5) is 0 Å². The van der Waals surface area contributed by atoms with Crippen LogP contribution in [0, 0.1) is 11.3 Å². The van der Waals surface area contributed by atoms with Crippen molar-refractivity contribution in [3.63, 3.8) is 0 Å². The van der Waals surface area contributed by atoms with Crippen molar-refractivity contribution in [2.45, 2.75) is 38.1 Å². The molecule has 1 amide bonds. The van der Waals surface area contributed by atoms with E-state index in [0.717, 1.165) is 30.4 Å². The third-order valence-electron chi connectivity index (χ3n) is 6.83. The first-order chi connectivity index (χ1) is 17.9. The van der Waals surface area contributed by atoms with Gasteiger partial charge in [-0.1, -0.05) is 66.7 Å². The molecule has 4 rings (SSSR count). The predicted molar refractivity (Wildman–Crippen MR) is 144 cm³/mol. The van der Waals surface area contributed by atoms with Crippen LogP contribution >= 0.6 is 0 Å². The number of carbonyl (C=O) groups is 2. The molecule has 1 heterocycles. The molecule has 2 atom stereocenters. The van der Waals surface area contributed by atoms with Crippen molar-refractivity contribution in [2.75, 3.05) is 13.2 Å². The van der Waals surface area contributed by atoms with Crippen molar-refractivity contribution >= 4 is 17.7 Å². The molecule has 3 aromatic rings. The Bertz CT molecular complexity index is 1210. The monoisotopic (exact) mass is 499 g/mol. The Morgan fingerprint density at radius 1 is 0.973 bits per heavy atom. The molecule has 0 spiro atoms. The molecule has 37 heavy (non-hydrogen) atoms. The van der Waals surface area contributed by atoms with Crippen LogP contribution in [0.3, 0.4) is 0 Å². The van der Waals surface area contributed by atoms with E-state index in [0.29, 0.717) is 30.9 Å². The SMILES string of the molecule is N=C(N)c1ccc(-c2ccc(OC[C@@H]3C[C@@H](CC(=O)O)C(=O)N3CCCCc3ccccc3)cc2)cc1. The van der Waals surface area contributed by atoms with Crippen LogP contribution in [0.5, 0.6) is 5.75 Å². The van der Waals surface area contributed by atoms with Gasteiger partial charge in [0.05, 0.1) is 18.4 Å². The number of aryl methyl sites for hydroxylation is 1.